The van der Waals surface area contributed by atoms with Gasteiger partial charge in [0.1, 0.15) is 5.82 Å². The van der Waals surface area contributed by atoms with Gasteiger partial charge in [-0.15, -0.1) is 0 Å². The summed E-state index contributed by atoms with van der Waals surface area (Å²) in [5.41, 5.74) is 2.48. The molecule has 0 saturated carbocycles. The molecule has 0 fully saturated rings. The Labute approximate surface area is 169 Å². The zero-order chi connectivity index (χ0) is 19.9. The molecule has 0 saturated heterocycles. The molecule has 4 nitrogen and oxygen atoms in total. The third-order valence-electron chi connectivity index (χ3n) is 4.75. The molecule has 4 rings (SSSR count). The average molecular weight is 411 g/mol. The van der Waals surface area contributed by atoms with Gasteiger partial charge in [0.25, 0.3) is 10.0 Å². The number of anilines is 2. The minimum atomic E-state index is -3.84. The molecule has 0 spiro atoms. The molecule has 4 aromatic rings. The van der Waals surface area contributed by atoms with Crippen LogP contribution < -0.4 is 4.31 Å². The SMILES string of the molecule is Cc1ccc(S(=O)(=O)N(c2ccc(Cl)cc2)c2cc3ccccc3n2C)cc1. The zero-order valence-corrected chi connectivity index (χ0v) is 17.1. The lowest BCUT2D eigenvalue weighted by Crippen LogP contribution is -2.28. The maximum absolute atomic E-state index is 13.6. The van der Waals surface area contributed by atoms with E-state index < -0.39 is 10.0 Å². The predicted molar refractivity (Wildman–Crippen MR) is 115 cm³/mol. The van der Waals surface area contributed by atoms with Crippen molar-refractivity contribution in [3.05, 3.63) is 89.4 Å². The van der Waals surface area contributed by atoms with E-state index in [-0.39, 0.29) is 4.90 Å². The summed E-state index contributed by atoms with van der Waals surface area (Å²) >= 11 is 6.03. The van der Waals surface area contributed by atoms with E-state index in [1.54, 1.807) is 48.5 Å². The fourth-order valence-corrected chi connectivity index (χ4v) is 4.89. The molecule has 0 bridgehead atoms. The molecule has 0 aliphatic rings. The monoisotopic (exact) mass is 410 g/mol. The van der Waals surface area contributed by atoms with E-state index in [1.807, 2.05) is 48.9 Å². The molecule has 0 atom stereocenters. The number of halogens is 1. The van der Waals surface area contributed by atoms with Gasteiger partial charge in [-0.05, 0) is 55.5 Å². The second-order valence-electron chi connectivity index (χ2n) is 6.68. The van der Waals surface area contributed by atoms with Crippen LogP contribution in [0, 0.1) is 6.92 Å². The summed E-state index contributed by atoms with van der Waals surface area (Å²) < 4.78 is 30.5. The standard InChI is InChI=1S/C22H19ClN2O2S/c1-16-7-13-20(14-8-16)28(26,27)25(19-11-9-18(23)10-12-19)22-15-17-5-3-4-6-21(17)24(22)2/h3-15H,1-2H3. The van der Waals surface area contributed by atoms with Crippen LogP contribution in [0.1, 0.15) is 5.56 Å². The first-order chi connectivity index (χ1) is 13.4. The van der Waals surface area contributed by atoms with Gasteiger partial charge < -0.3 is 4.57 Å². The first-order valence-electron chi connectivity index (χ1n) is 8.80. The molecule has 28 heavy (non-hydrogen) atoms. The lowest BCUT2D eigenvalue weighted by molar-refractivity contribution is 0.595. The number of aromatic nitrogens is 1. The Kier molecular flexibility index (Phi) is 4.65. The van der Waals surface area contributed by atoms with Crippen molar-refractivity contribution in [2.45, 2.75) is 11.8 Å². The van der Waals surface area contributed by atoms with E-state index in [2.05, 4.69) is 0 Å². The molecule has 1 heterocycles. The molecule has 0 radical (unpaired) electrons. The molecule has 0 aliphatic carbocycles. The number of hydrogen-bond donors (Lipinski definition) is 0. The summed E-state index contributed by atoms with van der Waals surface area (Å²) in [6, 6.07) is 23.4. The van der Waals surface area contributed by atoms with Crippen LogP contribution in [-0.4, -0.2) is 13.0 Å². The Morgan fingerprint density at radius 3 is 2.18 bits per heavy atom. The van der Waals surface area contributed by atoms with E-state index in [0.29, 0.717) is 16.5 Å². The number of fused-ring (bicyclic) bond motifs is 1. The van der Waals surface area contributed by atoms with Gasteiger partial charge in [-0.25, -0.2) is 12.7 Å². The molecular weight excluding hydrogens is 392 g/mol. The molecular formula is C22H19ClN2O2S. The van der Waals surface area contributed by atoms with E-state index in [4.69, 9.17) is 11.6 Å². The highest BCUT2D eigenvalue weighted by atomic mass is 35.5. The Morgan fingerprint density at radius 1 is 0.893 bits per heavy atom. The van der Waals surface area contributed by atoms with Gasteiger partial charge in [0.15, 0.2) is 0 Å². The highest BCUT2D eigenvalue weighted by Crippen LogP contribution is 2.36. The van der Waals surface area contributed by atoms with Crippen molar-refractivity contribution >= 4 is 44.0 Å². The largest absolute Gasteiger partial charge is 0.329 e. The summed E-state index contributed by atoms with van der Waals surface area (Å²) in [5, 5.41) is 1.52. The van der Waals surface area contributed by atoms with Crippen LogP contribution in [0.2, 0.25) is 5.02 Å². The fourth-order valence-electron chi connectivity index (χ4n) is 3.26. The number of para-hydroxylation sites is 1. The Hall–Kier alpha value is -2.76. The van der Waals surface area contributed by atoms with Gasteiger partial charge in [0.2, 0.25) is 0 Å². The smallest absolute Gasteiger partial charge is 0.269 e. The van der Waals surface area contributed by atoms with Crippen molar-refractivity contribution in [2.75, 3.05) is 4.31 Å². The first kappa shape index (κ1) is 18.6. The van der Waals surface area contributed by atoms with Crippen LogP contribution in [0.3, 0.4) is 0 Å². The summed E-state index contributed by atoms with van der Waals surface area (Å²) in [7, 11) is -1.97. The molecule has 0 aliphatic heterocycles. The van der Waals surface area contributed by atoms with Gasteiger partial charge in [-0.2, -0.15) is 0 Å². The second-order valence-corrected chi connectivity index (χ2v) is 8.90. The van der Waals surface area contributed by atoms with Crippen LogP contribution >= 0.6 is 11.6 Å². The van der Waals surface area contributed by atoms with Gasteiger partial charge >= 0.3 is 0 Å². The summed E-state index contributed by atoms with van der Waals surface area (Å²) in [6.45, 7) is 1.93. The second kappa shape index (κ2) is 7.00. The van der Waals surface area contributed by atoms with Crippen molar-refractivity contribution in [1.82, 2.24) is 4.57 Å². The van der Waals surface area contributed by atoms with E-state index >= 15 is 0 Å². The molecule has 0 unspecified atom stereocenters. The number of benzene rings is 3. The van der Waals surface area contributed by atoms with Crippen molar-refractivity contribution < 1.29 is 8.42 Å². The Morgan fingerprint density at radius 2 is 1.54 bits per heavy atom. The van der Waals surface area contributed by atoms with Gasteiger partial charge in [0, 0.05) is 23.0 Å². The minimum absolute atomic E-state index is 0.235. The van der Waals surface area contributed by atoms with Crippen LogP contribution in [-0.2, 0) is 17.1 Å². The quantitative estimate of drug-likeness (QED) is 0.435. The predicted octanol–water partition coefficient (Wildman–Crippen LogP) is 5.67. The van der Waals surface area contributed by atoms with Gasteiger partial charge in [-0.1, -0.05) is 47.5 Å². The van der Waals surface area contributed by atoms with Crippen molar-refractivity contribution in [3.63, 3.8) is 0 Å². The highest BCUT2D eigenvalue weighted by Gasteiger charge is 2.29. The minimum Gasteiger partial charge on any atom is -0.329 e. The van der Waals surface area contributed by atoms with Crippen LogP contribution in [0.4, 0.5) is 11.5 Å². The maximum atomic E-state index is 13.6. The van der Waals surface area contributed by atoms with E-state index in [0.717, 1.165) is 16.5 Å². The third-order valence-corrected chi connectivity index (χ3v) is 6.75. The van der Waals surface area contributed by atoms with Gasteiger partial charge in [-0.3, -0.25) is 0 Å². The average Bonchev–Trinajstić information content (AvgIpc) is 3.00. The number of rotatable bonds is 4. The third kappa shape index (κ3) is 3.17. The van der Waals surface area contributed by atoms with Crippen LogP contribution in [0.25, 0.3) is 10.9 Å². The Bertz CT molecular complexity index is 1240. The maximum Gasteiger partial charge on any atom is 0.269 e. The number of nitrogens with zero attached hydrogens (tertiary/aromatic N) is 2. The first-order valence-corrected chi connectivity index (χ1v) is 10.6. The number of aryl methyl sites for hydroxylation is 2. The zero-order valence-electron chi connectivity index (χ0n) is 15.5. The topological polar surface area (TPSA) is 42.3 Å². The lowest BCUT2D eigenvalue weighted by Gasteiger charge is -2.25. The summed E-state index contributed by atoms with van der Waals surface area (Å²) in [6.07, 6.45) is 0. The van der Waals surface area contributed by atoms with Crippen molar-refractivity contribution in [2.24, 2.45) is 7.05 Å². The van der Waals surface area contributed by atoms with Crippen molar-refractivity contribution in [1.29, 1.82) is 0 Å². The molecule has 142 valence electrons. The molecule has 3 aromatic carbocycles. The molecule has 6 heteroatoms. The van der Waals surface area contributed by atoms with Crippen LogP contribution in [0.15, 0.2) is 83.8 Å². The number of hydrogen-bond acceptors (Lipinski definition) is 2. The summed E-state index contributed by atoms with van der Waals surface area (Å²) in [5.74, 6) is 0.559. The lowest BCUT2D eigenvalue weighted by atomic mass is 10.2. The fraction of sp³-hybridized carbons (Fsp3) is 0.0909. The normalized spacial score (nSPS) is 11.7. The van der Waals surface area contributed by atoms with Gasteiger partial charge in [0.05, 0.1) is 10.6 Å². The number of sulfonamides is 1. The Balaban J connectivity index is 1.97. The van der Waals surface area contributed by atoms with Crippen molar-refractivity contribution in [3.8, 4) is 0 Å². The van der Waals surface area contributed by atoms with E-state index in [1.165, 1.54) is 4.31 Å². The summed E-state index contributed by atoms with van der Waals surface area (Å²) in [4.78, 5) is 0.235. The molecule has 0 amide bonds. The highest BCUT2D eigenvalue weighted by molar-refractivity contribution is 7.93. The molecule has 0 N–H and O–H groups in total. The van der Waals surface area contributed by atoms with Crippen LogP contribution in [0.5, 0.6) is 0 Å². The molecule has 1 aromatic heterocycles. The van der Waals surface area contributed by atoms with E-state index in [9.17, 15) is 8.42 Å².